The molecule has 1 aromatic heterocycles. The molecule has 0 bridgehead atoms. The van der Waals surface area contributed by atoms with Crippen LogP contribution in [0.4, 0.5) is 5.69 Å². The van der Waals surface area contributed by atoms with E-state index in [1.54, 1.807) is 24.3 Å². The molecule has 2 aromatic carbocycles. The molecule has 4 rings (SSSR count). The van der Waals surface area contributed by atoms with Gasteiger partial charge in [0.25, 0.3) is 0 Å². The third kappa shape index (κ3) is 5.22. The fourth-order valence-corrected chi connectivity index (χ4v) is 6.07. The number of imidazole rings is 1. The standard InChI is InChI=1S/C23H28N4O5S2/c1-3-27-20-10-9-17(34(29,30)26-11-13-31-14-12-26)15-19(20)25-23(27)33-16-22(28)24-18-7-5-6-8-21(18)32-4-2/h5-10,15H,3-4,11-14,16H2,1-2H3,(H,24,28). The molecule has 0 saturated carbocycles. The van der Waals surface area contributed by atoms with Crippen LogP contribution in [-0.2, 0) is 26.1 Å². The Morgan fingerprint density at radius 3 is 2.68 bits per heavy atom. The van der Waals surface area contributed by atoms with E-state index in [0.29, 0.717) is 61.6 Å². The van der Waals surface area contributed by atoms with Crippen molar-refractivity contribution < 1.29 is 22.7 Å². The normalized spacial score (nSPS) is 14.9. The van der Waals surface area contributed by atoms with Crippen LogP contribution in [0.3, 0.4) is 0 Å². The van der Waals surface area contributed by atoms with Crippen LogP contribution in [0.1, 0.15) is 13.8 Å². The number of carbonyl (C=O) groups excluding carboxylic acids is 1. The summed E-state index contributed by atoms with van der Waals surface area (Å²) in [7, 11) is -3.61. The maximum absolute atomic E-state index is 13.0. The van der Waals surface area contributed by atoms with E-state index in [1.165, 1.54) is 16.1 Å². The van der Waals surface area contributed by atoms with Gasteiger partial charge < -0.3 is 19.4 Å². The van der Waals surface area contributed by atoms with Crippen LogP contribution in [-0.4, -0.2) is 66.8 Å². The Labute approximate surface area is 203 Å². The van der Waals surface area contributed by atoms with E-state index in [0.717, 1.165) is 5.52 Å². The van der Waals surface area contributed by atoms with Gasteiger partial charge in [-0.15, -0.1) is 0 Å². The highest BCUT2D eigenvalue weighted by Crippen LogP contribution is 2.28. The first-order valence-electron chi connectivity index (χ1n) is 11.2. The van der Waals surface area contributed by atoms with E-state index in [9.17, 15) is 13.2 Å². The Hall–Kier alpha value is -2.60. The predicted octanol–water partition coefficient (Wildman–Crippen LogP) is 3.21. The maximum atomic E-state index is 13.0. The lowest BCUT2D eigenvalue weighted by atomic mass is 10.3. The van der Waals surface area contributed by atoms with Crippen molar-refractivity contribution in [3.8, 4) is 5.75 Å². The molecule has 2 heterocycles. The minimum Gasteiger partial charge on any atom is -0.492 e. The van der Waals surface area contributed by atoms with E-state index < -0.39 is 10.0 Å². The zero-order valence-corrected chi connectivity index (χ0v) is 20.8. The van der Waals surface area contributed by atoms with Crippen LogP contribution in [0.25, 0.3) is 11.0 Å². The third-order valence-electron chi connectivity index (χ3n) is 5.40. The number of nitrogens with zero attached hydrogens (tertiary/aromatic N) is 3. The summed E-state index contributed by atoms with van der Waals surface area (Å²) in [5.74, 6) is 0.600. The van der Waals surface area contributed by atoms with Crippen LogP contribution in [0.15, 0.2) is 52.5 Å². The second kappa shape index (κ2) is 10.8. The number of carbonyl (C=O) groups is 1. The molecule has 1 saturated heterocycles. The van der Waals surface area contributed by atoms with E-state index >= 15 is 0 Å². The van der Waals surface area contributed by atoms with E-state index in [2.05, 4.69) is 10.3 Å². The van der Waals surface area contributed by atoms with Gasteiger partial charge in [-0.25, -0.2) is 13.4 Å². The number of benzene rings is 2. The molecule has 9 nitrogen and oxygen atoms in total. The van der Waals surface area contributed by atoms with Crippen molar-refractivity contribution in [2.75, 3.05) is 44.0 Å². The molecular weight excluding hydrogens is 476 g/mol. The molecule has 0 aliphatic carbocycles. The second-order valence-electron chi connectivity index (χ2n) is 7.57. The predicted molar refractivity (Wildman–Crippen MR) is 132 cm³/mol. The van der Waals surface area contributed by atoms with Crippen molar-refractivity contribution in [1.82, 2.24) is 13.9 Å². The summed E-state index contributed by atoms with van der Waals surface area (Å²) in [6, 6.07) is 12.3. The first kappa shape index (κ1) is 24.5. The molecule has 0 atom stereocenters. The Morgan fingerprint density at radius 1 is 1.18 bits per heavy atom. The topological polar surface area (TPSA) is 103 Å². The van der Waals surface area contributed by atoms with Crippen LogP contribution in [0.2, 0.25) is 0 Å². The first-order chi connectivity index (χ1) is 16.4. The van der Waals surface area contributed by atoms with E-state index in [1.807, 2.05) is 36.6 Å². The molecule has 0 spiro atoms. The highest BCUT2D eigenvalue weighted by atomic mass is 32.2. The molecule has 1 aliphatic heterocycles. The maximum Gasteiger partial charge on any atom is 0.243 e. The Bertz CT molecular complexity index is 1270. The van der Waals surface area contributed by atoms with E-state index in [-0.39, 0.29) is 16.6 Å². The summed E-state index contributed by atoms with van der Waals surface area (Å²) < 4.78 is 40.3. The van der Waals surface area contributed by atoms with Gasteiger partial charge in [0, 0.05) is 19.6 Å². The zero-order chi connectivity index (χ0) is 24.1. The summed E-state index contributed by atoms with van der Waals surface area (Å²) in [4.78, 5) is 17.5. The summed E-state index contributed by atoms with van der Waals surface area (Å²) >= 11 is 1.31. The Kier molecular flexibility index (Phi) is 7.77. The fourth-order valence-electron chi connectivity index (χ4n) is 3.77. The summed E-state index contributed by atoms with van der Waals surface area (Å²) in [5.41, 5.74) is 2.03. The molecule has 34 heavy (non-hydrogen) atoms. The SMILES string of the molecule is CCOc1ccccc1NC(=O)CSc1nc2cc(S(=O)(=O)N3CCOCC3)ccc2n1CC. The lowest BCUT2D eigenvalue weighted by molar-refractivity contribution is -0.113. The number of thioether (sulfide) groups is 1. The number of nitrogens with one attached hydrogen (secondary N) is 1. The number of aryl methyl sites for hydroxylation is 1. The van der Waals surface area contributed by atoms with Gasteiger partial charge >= 0.3 is 0 Å². The van der Waals surface area contributed by atoms with Gasteiger partial charge in [-0.2, -0.15) is 4.31 Å². The summed E-state index contributed by atoms with van der Waals surface area (Å²) in [5, 5.41) is 3.54. The minimum atomic E-state index is -3.61. The number of sulfonamides is 1. The average Bonchev–Trinajstić information content (AvgIpc) is 3.21. The van der Waals surface area contributed by atoms with E-state index in [4.69, 9.17) is 9.47 Å². The average molecular weight is 505 g/mol. The molecule has 0 radical (unpaired) electrons. The van der Waals surface area contributed by atoms with Crippen molar-refractivity contribution in [3.63, 3.8) is 0 Å². The largest absolute Gasteiger partial charge is 0.492 e. The van der Waals surface area contributed by atoms with Crippen molar-refractivity contribution in [2.24, 2.45) is 0 Å². The molecule has 3 aromatic rings. The molecule has 1 aliphatic rings. The number of hydrogen-bond donors (Lipinski definition) is 1. The number of rotatable bonds is 9. The highest BCUT2D eigenvalue weighted by Gasteiger charge is 2.27. The Morgan fingerprint density at radius 2 is 1.94 bits per heavy atom. The van der Waals surface area contributed by atoms with Gasteiger partial charge in [0.05, 0.1) is 47.2 Å². The molecule has 1 fully saturated rings. The number of fused-ring (bicyclic) bond motifs is 1. The zero-order valence-electron chi connectivity index (χ0n) is 19.2. The summed E-state index contributed by atoms with van der Waals surface area (Å²) in [6.45, 7) is 6.49. The van der Waals surface area contributed by atoms with Crippen LogP contribution in [0, 0.1) is 0 Å². The number of hydrogen-bond acceptors (Lipinski definition) is 7. The monoisotopic (exact) mass is 504 g/mol. The van der Waals surface area contributed by atoms with Gasteiger partial charge in [-0.3, -0.25) is 4.79 Å². The second-order valence-corrected chi connectivity index (χ2v) is 10.5. The molecule has 11 heteroatoms. The van der Waals surface area contributed by atoms with Gasteiger partial charge in [0.15, 0.2) is 5.16 Å². The molecule has 1 N–H and O–H groups in total. The molecule has 182 valence electrons. The molecular formula is C23H28N4O5S2. The summed E-state index contributed by atoms with van der Waals surface area (Å²) in [6.07, 6.45) is 0. The van der Waals surface area contributed by atoms with Gasteiger partial charge in [0.1, 0.15) is 5.75 Å². The van der Waals surface area contributed by atoms with Crippen LogP contribution >= 0.6 is 11.8 Å². The molecule has 0 unspecified atom stereocenters. The van der Waals surface area contributed by atoms with Crippen LogP contribution < -0.4 is 10.1 Å². The number of para-hydroxylation sites is 2. The highest BCUT2D eigenvalue weighted by molar-refractivity contribution is 7.99. The van der Waals surface area contributed by atoms with Gasteiger partial charge in [-0.05, 0) is 44.2 Å². The lowest BCUT2D eigenvalue weighted by Gasteiger charge is -2.26. The van der Waals surface area contributed by atoms with Gasteiger partial charge in [0.2, 0.25) is 15.9 Å². The quantitative estimate of drug-likeness (QED) is 0.447. The number of morpholine rings is 1. The lowest BCUT2D eigenvalue weighted by Crippen LogP contribution is -2.40. The number of aromatic nitrogens is 2. The third-order valence-corrected chi connectivity index (χ3v) is 8.27. The van der Waals surface area contributed by atoms with Crippen molar-refractivity contribution in [3.05, 3.63) is 42.5 Å². The van der Waals surface area contributed by atoms with Crippen molar-refractivity contribution >= 4 is 44.4 Å². The number of anilines is 1. The smallest absolute Gasteiger partial charge is 0.243 e. The fraction of sp³-hybridized carbons (Fsp3) is 0.391. The number of amides is 1. The minimum absolute atomic E-state index is 0.155. The Balaban J connectivity index is 1.51. The molecule has 1 amide bonds. The van der Waals surface area contributed by atoms with Crippen molar-refractivity contribution in [1.29, 1.82) is 0 Å². The number of ether oxygens (including phenoxy) is 2. The van der Waals surface area contributed by atoms with Crippen molar-refractivity contribution in [2.45, 2.75) is 30.4 Å². The van der Waals surface area contributed by atoms with Crippen LogP contribution in [0.5, 0.6) is 5.75 Å². The first-order valence-corrected chi connectivity index (χ1v) is 13.6. The van der Waals surface area contributed by atoms with Gasteiger partial charge in [-0.1, -0.05) is 23.9 Å².